The zero-order valence-electron chi connectivity index (χ0n) is 14.9. The number of carbonyl (C=O) groups excluding carboxylic acids is 1. The first kappa shape index (κ1) is 19.0. The Morgan fingerprint density at radius 2 is 1.85 bits per heavy atom. The molecule has 1 fully saturated rings. The highest BCUT2D eigenvalue weighted by Crippen LogP contribution is 2.26. The number of piperazine rings is 1. The zero-order chi connectivity index (χ0) is 19.4. The number of carbonyl (C=O) groups is 1. The molecule has 27 heavy (non-hydrogen) atoms. The van der Waals surface area contributed by atoms with Crippen molar-refractivity contribution in [2.45, 2.75) is 6.92 Å². The second-order valence-electron chi connectivity index (χ2n) is 6.20. The van der Waals surface area contributed by atoms with Crippen molar-refractivity contribution >= 4 is 40.4 Å². The van der Waals surface area contributed by atoms with Crippen LogP contribution in [0.3, 0.4) is 0 Å². The number of aryl methyl sites for hydroxylation is 1. The maximum absolute atomic E-state index is 12.0. The molecule has 3 aromatic rings. The number of nitrogens with zero attached hydrogens (tertiary/aromatic N) is 4. The first-order valence-corrected chi connectivity index (χ1v) is 8.93. The van der Waals surface area contributed by atoms with Crippen LogP contribution in [0.15, 0.2) is 36.8 Å². The first-order chi connectivity index (χ1) is 13.0. The van der Waals surface area contributed by atoms with E-state index in [2.05, 4.69) is 32.5 Å². The van der Waals surface area contributed by atoms with Crippen molar-refractivity contribution in [3.05, 3.63) is 48.2 Å². The third-order valence-electron chi connectivity index (χ3n) is 4.37. The molecule has 0 atom stereocenters. The smallest absolute Gasteiger partial charge is 0.278 e. The second-order valence-corrected chi connectivity index (χ2v) is 6.58. The van der Waals surface area contributed by atoms with Gasteiger partial charge in [-0.05, 0) is 36.8 Å². The highest BCUT2D eigenvalue weighted by molar-refractivity contribution is 7.96. The van der Waals surface area contributed by atoms with Crippen LogP contribution in [0.25, 0.3) is 11.0 Å². The van der Waals surface area contributed by atoms with E-state index >= 15 is 0 Å². The molecule has 1 amide bonds. The summed E-state index contributed by atoms with van der Waals surface area (Å²) in [5.41, 5.74) is 7.84. The summed E-state index contributed by atoms with van der Waals surface area (Å²) in [5, 5.41) is 0.901. The van der Waals surface area contributed by atoms with E-state index in [4.69, 9.17) is 5.73 Å². The predicted octanol–water partition coefficient (Wildman–Crippen LogP) is 2.85. The van der Waals surface area contributed by atoms with Gasteiger partial charge in [-0.2, -0.15) is 0 Å². The van der Waals surface area contributed by atoms with Crippen LogP contribution in [0.4, 0.5) is 20.7 Å². The molecular formula is C18H21FN6OS. The highest BCUT2D eigenvalue weighted by Gasteiger charge is 2.22. The summed E-state index contributed by atoms with van der Waals surface area (Å²) in [4.78, 5) is 26.9. The van der Waals surface area contributed by atoms with Crippen molar-refractivity contribution in [1.29, 1.82) is 0 Å². The Hall–Kier alpha value is -2.81. The Balaban J connectivity index is 0.000000221. The Bertz CT molecular complexity index is 900. The van der Waals surface area contributed by atoms with Gasteiger partial charge >= 0.3 is 0 Å². The molecule has 1 aliphatic rings. The molecule has 0 spiro atoms. The summed E-state index contributed by atoms with van der Waals surface area (Å²) in [6.07, 6.45) is 3.51. The van der Waals surface area contributed by atoms with Crippen molar-refractivity contribution in [1.82, 2.24) is 19.9 Å². The number of nitrogens with one attached hydrogen (secondary N) is 1. The fourth-order valence-electron chi connectivity index (χ4n) is 2.91. The minimum Gasteiger partial charge on any atom is -0.399 e. The van der Waals surface area contributed by atoms with E-state index in [1.165, 1.54) is 24.3 Å². The number of H-pyrrole nitrogens is 1. The normalized spacial score (nSPS) is 14.0. The minimum absolute atomic E-state index is 0.162. The van der Waals surface area contributed by atoms with Crippen molar-refractivity contribution in [2.24, 2.45) is 0 Å². The van der Waals surface area contributed by atoms with Gasteiger partial charge in [-0.3, -0.25) is 4.79 Å². The Labute approximate surface area is 161 Å². The van der Waals surface area contributed by atoms with Crippen LogP contribution in [0.2, 0.25) is 0 Å². The van der Waals surface area contributed by atoms with Gasteiger partial charge in [0.25, 0.3) is 5.24 Å². The molecule has 0 unspecified atom stereocenters. The number of amides is 1. The summed E-state index contributed by atoms with van der Waals surface area (Å²) in [6, 6.07) is 5.70. The Morgan fingerprint density at radius 3 is 2.44 bits per heavy atom. The van der Waals surface area contributed by atoms with E-state index < -0.39 is 0 Å². The topological polar surface area (TPSA) is 91.1 Å². The van der Waals surface area contributed by atoms with Crippen molar-refractivity contribution in [3.8, 4) is 0 Å². The number of aromatic amines is 1. The summed E-state index contributed by atoms with van der Waals surface area (Å²) >= 11 is 3.86. The van der Waals surface area contributed by atoms with Gasteiger partial charge in [0, 0.05) is 38.1 Å². The van der Waals surface area contributed by atoms with Crippen LogP contribution in [-0.4, -0.2) is 51.3 Å². The summed E-state index contributed by atoms with van der Waals surface area (Å²) in [6.45, 7) is 4.93. The van der Waals surface area contributed by atoms with Crippen LogP contribution in [-0.2, 0) is 0 Å². The van der Waals surface area contributed by atoms with Gasteiger partial charge in [-0.15, -0.1) is 0 Å². The molecular weight excluding hydrogens is 367 g/mol. The average Bonchev–Trinajstić information content (AvgIpc) is 3.06. The lowest BCUT2D eigenvalue weighted by atomic mass is 10.2. The number of hydrogen-bond donors (Lipinski definition) is 3. The third-order valence-corrected chi connectivity index (χ3v) is 4.65. The van der Waals surface area contributed by atoms with Crippen LogP contribution in [0.5, 0.6) is 0 Å². The number of fused-ring (bicyclic) bond motifs is 1. The fourth-order valence-corrected chi connectivity index (χ4v) is 3.11. The maximum atomic E-state index is 12.0. The number of halogens is 1. The number of benzene rings is 1. The molecule has 1 aromatic carbocycles. The van der Waals surface area contributed by atoms with Gasteiger partial charge in [0.1, 0.15) is 23.6 Å². The molecule has 0 bridgehead atoms. The van der Waals surface area contributed by atoms with Crippen LogP contribution in [0.1, 0.15) is 5.56 Å². The molecule has 4 rings (SSSR count). The Morgan fingerprint density at radius 1 is 1.19 bits per heavy atom. The SMILES string of the molecule is Cc1c[nH]c2ncnc(N3CCN(C(=O)S)CC3)c12.Nc1ccc(F)cc1. The molecule has 3 N–H and O–H groups in total. The molecule has 9 heteroatoms. The lowest BCUT2D eigenvalue weighted by molar-refractivity contribution is 0.220. The molecule has 2 aromatic heterocycles. The monoisotopic (exact) mass is 388 g/mol. The third kappa shape index (κ3) is 4.48. The lowest BCUT2D eigenvalue weighted by Crippen LogP contribution is -2.47. The number of aromatic nitrogens is 3. The van der Waals surface area contributed by atoms with Gasteiger partial charge in [-0.25, -0.2) is 14.4 Å². The van der Waals surface area contributed by atoms with E-state index in [-0.39, 0.29) is 11.1 Å². The summed E-state index contributed by atoms with van der Waals surface area (Å²) < 4.78 is 12.0. The predicted molar refractivity (Wildman–Crippen MR) is 108 cm³/mol. The number of nitrogens with two attached hydrogens (primary N) is 1. The summed E-state index contributed by atoms with van der Waals surface area (Å²) in [5.74, 6) is 0.689. The number of hydrogen-bond acceptors (Lipinski definition) is 5. The average molecular weight is 388 g/mol. The van der Waals surface area contributed by atoms with E-state index in [9.17, 15) is 9.18 Å². The van der Waals surface area contributed by atoms with Gasteiger partial charge in [0.05, 0.1) is 5.39 Å². The van der Waals surface area contributed by atoms with Gasteiger partial charge in [-0.1, -0.05) is 12.6 Å². The zero-order valence-corrected chi connectivity index (χ0v) is 15.8. The van der Waals surface area contributed by atoms with Gasteiger partial charge < -0.3 is 20.5 Å². The number of rotatable bonds is 1. The second kappa shape index (κ2) is 8.26. The first-order valence-electron chi connectivity index (χ1n) is 8.48. The molecule has 0 radical (unpaired) electrons. The largest absolute Gasteiger partial charge is 0.399 e. The fraction of sp³-hybridized carbons (Fsp3) is 0.278. The van der Waals surface area contributed by atoms with E-state index in [0.29, 0.717) is 18.8 Å². The van der Waals surface area contributed by atoms with Crippen LogP contribution >= 0.6 is 12.6 Å². The molecule has 1 saturated heterocycles. The highest BCUT2D eigenvalue weighted by atomic mass is 32.1. The van der Waals surface area contributed by atoms with E-state index in [1.807, 2.05) is 13.1 Å². The maximum Gasteiger partial charge on any atom is 0.278 e. The van der Waals surface area contributed by atoms with Crippen molar-refractivity contribution in [2.75, 3.05) is 36.8 Å². The molecule has 142 valence electrons. The molecule has 0 aliphatic carbocycles. The summed E-state index contributed by atoms with van der Waals surface area (Å²) in [7, 11) is 0. The standard InChI is InChI=1S/C12H15N5OS.C6H6FN/c1-8-6-13-10-9(8)11(15-7-14-10)16-2-4-17(5-3-16)12(18)19;7-5-1-3-6(8)4-2-5/h6-7H,2-5H2,1H3,(H,18,19)(H,13,14,15);1-4H,8H2. The van der Waals surface area contributed by atoms with Crippen molar-refractivity contribution < 1.29 is 9.18 Å². The van der Waals surface area contributed by atoms with E-state index in [1.54, 1.807) is 11.2 Å². The Kier molecular flexibility index (Phi) is 5.80. The molecule has 0 saturated carbocycles. The molecule has 7 nitrogen and oxygen atoms in total. The quantitative estimate of drug-likeness (QED) is 0.440. The minimum atomic E-state index is -0.251. The number of thiol groups is 1. The van der Waals surface area contributed by atoms with Gasteiger partial charge in [0.15, 0.2) is 0 Å². The number of anilines is 2. The molecule has 1 aliphatic heterocycles. The molecule has 3 heterocycles. The number of nitrogen functional groups attached to an aromatic ring is 1. The van der Waals surface area contributed by atoms with Crippen LogP contribution < -0.4 is 10.6 Å². The van der Waals surface area contributed by atoms with Gasteiger partial charge in [0.2, 0.25) is 0 Å². The van der Waals surface area contributed by atoms with Crippen molar-refractivity contribution in [3.63, 3.8) is 0 Å². The van der Waals surface area contributed by atoms with Crippen LogP contribution in [0, 0.1) is 12.7 Å². The lowest BCUT2D eigenvalue weighted by Gasteiger charge is -2.34. The van der Waals surface area contributed by atoms with E-state index in [0.717, 1.165) is 35.5 Å².